The van der Waals surface area contributed by atoms with E-state index in [9.17, 15) is 14.0 Å². The molecule has 0 bridgehead atoms. The molecule has 5 rings (SSSR count). The van der Waals surface area contributed by atoms with Gasteiger partial charge in [0.05, 0.1) is 11.8 Å². The third kappa shape index (κ3) is 2.67. The highest BCUT2D eigenvalue weighted by molar-refractivity contribution is 6.30. The number of halogens is 2. The molecule has 30 heavy (non-hydrogen) atoms. The molecule has 154 valence electrons. The van der Waals surface area contributed by atoms with Crippen LogP contribution in [0.3, 0.4) is 0 Å². The van der Waals surface area contributed by atoms with Gasteiger partial charge in [-0.05, 0) is 35.4 Å². The molecular formula is C23H20ClFN2O3. The van der Waals surface area contributed by atoms with Gasteiger partial charge in [0.25, 0.3) is 11.8 Å². The van der Waals surface area contributed by atoms with Crippen molar-refractivity contribution in [3.8, 4) is 0 Å². The minimum atomic E-state index is -1.16. The summed E-state index contributed by atoms with van der Waals surface area (Å²) in [6.07, 6.45) is 5.26. The molecule has 1 aromatic heterocycles. The highest BCUT2D eigenvalue weighted by Gasteiger charge is 2.57. The summed E-state index contributed by atoms with van der Waals surface area (Å²) in [6.45, 7) is 2.52. The Morgan fingerprint density at radius 3 is 2.67 bits per heavy atom. The fourth-order valence-electron chi connectivity index (χ4n) is 4.79. The van der Waals surface area contributed by atoms with Crippen LogP contribution in [0.25, 0.3) is 0 Å². The van der Waals surface area contributed by atoms with Gasteiger partial charge in [0, 0.05) is 36.0 Å². The van der Waals surface area contributed by atoms with E-state index in [1.165, 1.54) is 18.6 Å². The molecule has 0 N–H and O–H groups in total. The molecule has 2 fully saturated rings. The number of amides is 2. The summed E-state index contributed by atoms with van der Waals surface area (Å²) in [5, 5.41) is 0.560. The van der Waals surface area contributed by atoms with Crippen LogP contribution in [0.1, 0.15) is 29.3 Å². The lowest BCUT2D eigenvalue weighted by Gasteiger charge is -2.49. The van der Waals surface area contributed by atoms with Crippen molar-refractivity contribution < 1.29 is 18.4 Å². The lowest BCUT2D eigenvalue weighted by atomic mass is 9.78. The van der Waals surface area contributed by atoms with Crippen LogP contribution in [0.4, 0.5) is 4.39 Å². The number of hydrogen-bond donors (Lipinski definition) is 0. The normalized spacial score (nSPS) is 28.0. The molecule has 2 saturated heterocycles. The molecule has 2 amide bonds. The van der Waals surface area contributed by atoms with E-state index in [4.69, 9.17) is 16.0 Å². The number of allylic oxidation sites excluding steroid dienone is 2. The lowest BCUT2D eigenvalue weighted by molar-refractivity contribution is -0.136. The molecule has 0 radical (unpaired) electrons. The van der Waals surface area contributed by atoms with Crippen molar-refractivity contribution in [3.05, 3.63) is 82.3 Å². The second-order valence-corrected chi connectivity index (χ2v) is 8.44. The second kappa shape index (κ2) is 6.84. The Labute approximate surface area is 178 Å². The first kappa shape index (κ1) is 19.1. The van der Waals surface area contributed by atoms with E-state index in [0.717, 1.165) is 5.56 Å². The zero-order valence-electron chi connectivity index (χ0n) is 16.3. The van der Waals surface area contributed by atoms with Crippen LogP contribution in [0.2, 0.25) is 5.02 Å². The first-order valence-electron chi connectivity index (χ1n) is 9.91. The number of hydrogen-bond acceptors (Lipinski definition) is 3. The van der Waals surface area contributed by atoms with E-state index in [-0.39, 0.29) is 17.7 Å². The van der Waals surface area contributed by atoms with Gasteiger partial charge in [-0.3, -0.25) is 9.59 Å². The maximum Gasteiger partial charge on any atom is 0.259 e. The summed E-state index contributed by atoms with van der Waals surface area (Å²) in [4.78, 5) is 30.3. The predicted octanol–water partition coefficient (Wildman–Crippen LogP) is 4.31. The Bertz CT molecular complexity index is 1080. The number of piperidine rings is 1. The second-order valence-electron chi connectivity index (χ2n) is 8.00. The van der Waals surface area contributed by atoms with Gasteiger partial charge in [-0.2, -0.15) is 0 Å². The van der Waals surface area contributed by atoms with Crippen LogP contribution in [0, 0.1) is 5.92 Å². The van der Waals surface area contributed by atoms with Gasteiger partial charge in [0.15, 0.2) is 0 Å². The number of carbonyl (C=O) groups is 2. The predicted molar refractivity (Wildman–Crippen MR) is 109 cm³/mol. The molecule has 2 aromatic rings. The van der Waals surface area contributed by atoms with Gasteiger partial charge in [-0.1, -0.05) is 36.7 Å². The standard InChI is InChI=1S/C23H20ClFN2O3/c1-14-10-19-16(11-20(14)25)12-23(17-2-4-18(24)5-3-17)26(7-8-27(23)22(19)29)21(28)15-6-9-30-13-15/h2-6,9-11,13-14,20H,7-8,12H2,1H3. The summed E-state index contributed by atoms with van der Waals surface area (Å²) >= 11 is 6.10. The number of rotatable bonds is 2. The maximum absolute atomic E-state index is 14.5. The van der Waals surface area contributed by atoms with Gasteiger partial charge in [0.1, 0.15) is 18.1 Å². The Kier molecular flexibility index (Phi) is 4.36. The highest BCUT2D eigenvalue weighted by Crippen LogP contribution is 2.50. The van der Waals surface area contributed by atoms with Gasteiger partial charge in [-0.25, -0.2) is 4.39 Å². The fraction of sp³-hybridized carbons (Fsp3) is 0.304. The van der Waals surface area contributed by atoms with Gasteiger partial charge >= 0.3 is 0 Å². The quantitative estimate of drug-likeness (QED) is 0.718. The summed E-state index contributed by atoms with van der Waals surface area (Å²) in [5.41, 5.74) is 1.32. The maximum atomic E-state index is 14.5. The monoisotopic (exact) mass is 426 g/mol. The molecule has 3 heterocycles. The average Bonchev–Trinajstić information content (AvgIpc) is 3.39. The topological polar surface area (TPSA) is 53.8 Å². The first-order chi connectivity index (χ1) is 14.4. The third-order valence-corrected chi connectivity index (χ3v) is 6.56. The number of carbonyl (C=O) groups excluding carboxylic acids is 2. The fourth-order valence-corrected chi connectivity index (χ4v) is 4.91. The molecule has 1 aromatic carbocycles. The molecular weight excluding hydrogens is 407 g/mol. The largest absolute Gasteiger partial charge is 0.472 e. The van der Waals surface area contributed by atoms with Crippen LogP contribution >= 0.6 is 11.6 Å². The molecule has 0 spiro atoms. The van der Waals surface area contributed by atoms with Crippen molar-refractivity contribution in [2.45, 2.75) is 25.2 Å². The Hall–Kier alpha value is -2.86. The van der Waals surface area contributed by atoms with Crippen molar-refractivity contribution in [2.75, 3.05) is 13.1 Å². The summed E-state index contributed by atoms with van der Waals surface area (Å²) in [6, 6.07) is 8.76. The smallest absolute Gasteiger partial charge is 0.259 e. The van der Waals surface area contributed by atoms with Gasteiger partial charge in [0.2, 0.25) is 0 Å². The highest BCUT2D eigenvalue weighted by atomic mass is 35.5. The van der Waals surface area contributed by atoms with Crippen molar-refractivity contribution in [2.24, 2.45) is 5.92 Å². The van der Waals surface area contributed by atoms with Gasteiger partial charge in [-0.15, -0.1) is 0 Å². The minimum absolute atomic E-state index is 0.177. The van der Waals surface area contributed by atoms with E-state index in [1.807, 2.05) is 12.1 Å². The Morgan fingerprint density at radius 1 is 1.20 bits per heavy atom. The van der Waals surface area contributed by atoms with Crippen LogP contribution in [0.5, 0.6) is 0 Å². The number of furan rings is 1. The van der Waals surface area contributed by atoms with E-state index in [1.54, 1.807) is 41.0 Å². The lowest BCUT2D eigenvalue weighted by Crippen LogP contribution is -2.58. The molecule has 3 atom stereocenters. The molecule has 1 aliphatic carbocycles. The van der Waals surface area contributed by atoms with Crippen molar-refractivity contribution in [1.29, 1.82) is 0 Å². The zero-order chi connectivity index (χ0) is 21.0. The van der Waals surface area contributed by atoms with E-state index in [0.29, 0.717) is 41.2 Å². The molecule has 3 unspecified atom stereocenters. The summed E-state index contributed by atoms with van der Waals surface area (Å²) in [5.74, 6) is -0.770. The minimum Gasteiger partial charge on any atom is -0.472 e. The van der Waals surface area contributed by atoms with Crippen LogP contribution in [0.15, 0.2) is 70.6 Å². The first-order valence-corrected chi connectivity index (χ1v) is 10.3. The number of nitrogens with zero attached hydrogens (tertiary/aromatic N) is 2. The summed E-state index contributed by atoms with van der Waals surface area (Å²) in [7, 11) is 0. The van der Waals surface area contributed by atoms with Crippen molar-refractivity contribution in [1.82, 2.24) is 9.80 Å². The number of alkyl halides is 1. The number of benzene rings is 1. The van der Waals surface area contributed by atoms with Crippen molar-refractivity contribution >= 4 is 23.4 Å². The van der Waals surface area contributed by atoms with Crippen LogP contribution in [-0.2, 0) is 10.5 Å². The Balaban J connectivity index is 1.68. The molecule has 3 aliphatic rings. The van der Waals surface area contributed by atoms with Crippen LogP contribution in [-0.4, -0.2) is 40.9 Å². The van der Waals surface area contributed by atoms with Crippen molar-refractivity contribution in [3.63, 3.8) is 0 Å². The molecule has 5 nitrogen and oxygen atoms in total. The zero-order valence-corrected chi connectivity index (χ0v) is 17.1. The SMILES string of the molecule is CC1C=C2C(=O)N3CCN(C(=O)c4ccoc4)C3(c3ccc(Cl)cc3)CC2=CC1F. The summed E-state index contributed by atoms with van der Waals surface area (Å²) < 4.78 is 19.6. The molecule has 2 aliphatic heterocycles. The average molecular weight is 427 g/mol. The van der Waals surface area contributed by atoms with Gasteiger partial charge < -0.3 is 14.2 Å². The number of fused-ring (bicyclic) bond motifs is 2. The van der Waals surface area contributed by atoms with E-state index in [2.05, 4.69) is 0 Å². The van der Waals surface area contributed by atoms with E-state index < -0.39 is 11.8 Å². The molecule has 0 saturated carbocycles. The van der Waals surface area contributed by atoms with Crippen LogP contribution < -0.4 is 0 Å². The third-order valence-electron chi connectivity index (χ3n) is 6.31. The van der Waals surface area contributed by atoms with E-state index >= 15 is 0 Å². The molecule has 7 heteroatoms. The Morgan fingerprint density at radius 2 is 1.97 bits per heavy atom.